The summed E-state index contributed by atoms with van der Waals surface area (Å²) < 4.78 is 0. The molecule has 134 valence electrons. The molecule has 2 heterocycles. The van der Waals surface area contributed by atoms with Crippen molar-refractivity contribution in [1.82, 2.24) is 15.1 Å². The Bertz CT molecular complexity index is 839. The fourth-order valence-electron chi connectivity index (χ4n) is 4.20. The van der Waals surface area contributed by atoms with E-state index in [4.69, 9.17) is 0 Å². The lowest BCUT2D eigenvalue weighted by Gasteiger charge is -2.40. The maximum atomic E-state index is 13.0. The zero-order chi connectivity index (χ0) is 18.0. The van der Waals surface area contributed by atoms with Gasteiger partial charge in [0, 0.05) is 37.0 Å². The van der Waals surface area contributed by atoms with Crippen molar-refractivity contribution in [2.75, 3.05) is 31.1 Å². The highest BCUT2D eigenvalue weighted by Gasteiger charge is 2.43. The highest BCUT2D eigenvalue weighted by atomic mass is 16.2. The molecule has 2 aliphatic rings. The van der Waals surface area contributed by atoms with Gasteiger partial charge in [-0.15, -0.1) is 5.10 Å². The van der Waals surface area contributed by atoms with Gasteiger partial charge in [-0.3, -0.25) is 4.79 Å². The van der Waals surface area contributed by atoms with E-state index < -0.39 is 5.41 Å². The lowest BCUT2D eigenvalue weighted by Crippen LogP contribution is -2.53. The Morgan fingerprint density at radius 3 is 2.54 bits per heavy atom. The molecule has 2 aromatic rings. The summed E-state index contributed by atoms with van der Waals surface area (Å²) in [6.07, 6.45) is 6.27. The number of carbonyl (C=O) groups excluding carboxylic acids is 1. The van der Waals surface area contributed by atoms with Crippen molar-refractivity contribution in [2.45, 2.75) is 32.1 Å². The zero-order valence-electron chi connectivity index (χ0n) is 14.9. The van der Waals surface area contributed by atoms with Crippen molar-refractivity contribution >= 4 is 22.5 Å². The molecular formula is C20H23N5O. The number of rotatable bonds is 2. The molecule has 0 bridgehead atoms. The van der Waals surface area contributed by atoms with Gasteiger partial charge < -0.3 is 9.80 Å². The topological polar surface area (TPSA) is 73.1 Å². The van der Waals surface area contributed by atoms with Gasteiger partial charge in [-0.05, 0) is 12.8 Å². The highest BCUT2D eigenvalue weighted by molar-refractivity contribution is 5.91. The van der Waals surface area contributed by atoms with E-state index in [9.17, 15) is 10.1 Å². The number of aromatic nitrogens is 2. The molecule has 26 heavy (non-hydrogen) atoms. The predicted molar refractivity (Wildman–Crippen MR) is 99.5 cm³/mol. The zero-order valence-corrected chi connectivity index (χ0v) is 14.9. The van der Waals surface area contributed by atoms with Gasteiger partial charge in [0.15, 0.2) is 5.82 Å². The molecule has 0 radical (unpaired) electrons. The van der Waals surface area contributed by atoms with Gasteiger partial charge >= 0.3 is 0 Å². The molecule has 2 fully saturated rings. The van der Waals surface area contributed by atoms with E-state index in [1.54, 1.807) is 6.20 Å². The molecule has 6 nitrogen and oxygen atoms in total. The molecule has 1 aromatic heterocycles. The third kappa shape index (κ3) is 2.88. The summed E-state index contributed by atoms with van der Waals surface area (Å²) in [5.74, 6) is 0.909. The molecular weight excluding hydrogens is 326 g/mol. The molecule has 4 rings (SSSR count). The second-order valence-corrected chi connectivity index (χ2v) is 7.29. The number of nitriles is 1. The van der Waals surface area contributed by atoms with Crippen LogP contribution in [-0.2, 0) is 4.79 Å². The van der Waals surface area contributed by atoms with Crippen molar-refractivity contribution in [3.8, 4) is 6.07 Å². The molecule has 1 saturated heterocycles. The Labute approximate surface area is 153 Å². The smallest absolute Gasteiger partial charge is 0.243 e. The Hall–Kier alpha value is -2.68. The molecule has 1 aromatic carbocycles. The van der Waals surface area contributed by atoms with Gasteiger partial charge in [0.25, 0.3) is 0 Å². The number of nitrogens with zero attached hydrogens (tertiary/aromatic N) is 5. The number of benzene rings is 1. The Morgan fingerprint density at radius 2 is 1.81 bits per heavy atom. The van der Waals surface area contributed by atoms with E-state index in [1.165, 1.54) is 0 Å². The van der Waals surface area contributed by atoms with E-state index in [0.717, 1.165) is 48.9 Å². The lowest BCUT2D eigenvalue weighted by atomic mass is 9.74. The van der Waals surface area contributed by atoms with Gasteiger partial charge in [0.05, 0.1) is 12.3 Å². The summed E-state index contributed by atoms with van der Waals surface area (Å²) in [6, 6.07) is 10.5. The van der Waals surface area contributed by atoms with Gasteiger partial charge in [-0.2, -0.15) is 10.4 Å². The molecule has 1 aliphatic heterocycles. The average molecular weight is 349 g/mol. The quantitative estimate of drug-likeness (QED) is 0.833. The van der Waals surface area contributed by atoms with E-state index >= 15 is 0 Å². The van der Waals surface area contributed by atoms with E-state index in [0.29, 0.717) is 25.9 Å². The highest BCUT2D eigenvalue weighted by Crippen LogP contribution is 2.37. The summed E-state index contributed by atoms with van der Waals surface area (Å²) in [5.41, 5.74) is -0.792. The van der Waals surface area contributed by atoms with Crippen LogP contribution in [0.4, 0.5) is 5.82 Å². The number of amides is 1. The molecule has 1 saturated carbocycles. The Kier molecular flexibility index (Phi) is 4.46. The number of hydrogen-bond donors (Lipinski definition) is 0. The second kappa shape index (κ2) is 6.91. The van der Waals surface area contributed by atoms with Crippen LogP contribution in [0, 0.1) is 16.7 Å². The number of anilines is 1. The molecule has 0 N–H and O–H groups in total. The fourth-order valence-corrected chi connectivity index (χ4v) is 4.20. The third-order valence-corrected chi connectivity index (χ3v) is 5.75. The minimum atomic E-state index is -0.792. The largest absolute Gasteiger partial charge is 0.351 e. The standard InChI is InChI=1S/C20H23N5O/c21-15-20(8-4-1-5-9-20)19(26)25-12-10-24(11-13-25)18-17-7-3-2-6-16(17)14-22-23-18/h2-3,6-7,14H,1,4-5,8-13H2. The van der Waals surface area contributed by atoms with Crippen LogP contribution in [0.15, 0.2) is 30.5 Å². The normalized spacial score (nSPS) is 20.0. The first-order chi connectivity index (χ1) is 12.7. The van der Waals surface area contributed by atoms with Gasteiger partial charge in [0.2, 0.25) is 5.91 Å². The van der Waals surface area contributed by atoms with Crippen molar-refractivity contribution in [3.05, 3.63) is 30.5 Å². The van der Waals surface area contributed by atoms with Gasteiger partial charge in [-0.1, -0.05) is 43.5 Å². The van der Waals surface area contributed by atoms with E-state index in [2.05, 4.69) is 27.2 Å². The third-order valence-electron chi connectivity index (χ3n) is 5.75. The van der Waals surface area contributed by atoms with Crippen LogP contribution < -0.4 is 4.90 Å². The SMILES string of the molecule is N#CC1(C(=O)N2CCN(c3nncc4ccccc34)CC2)CCCCC1. The minimum Gasteiger partial charge on any atom is -0.351 e. The summed E-state index contributed by atoms with van der Waals surface area (Å²) in [7, 11) is 0. The molecule has 6 heteroatoms. The maximum Gasteiger partial charge on any atom is 0.243 e. The first kappa shape index (κ1) is 16.8. The average Bonchev–Trinajstić information content (AvgIpc) is 2.73. The number of fused-ring (bicyclic) bond motifs is 1. The van der Waals surface area contributed by atoms with Crippen LogP contribution in [0.1, 0.15) is 32.1 Å². The summed E-state index contributed by atoms with van der Waals surface area (Å²) in [6.45, 7) is 2.70. The van der Waals surface area contributed by atoms with Crippen LogP contribution in [0.25, 0.3) is 10.8 Å². The fraction of sp³-hybridized carbons (Fsp3) is 0.500. The first-order valence-corrected chi connectivity index (χ1v) is 9.39. The van der Waals surface area contributed by atoms with Gasteiger partial charge in [0.1, 0.15) is 5.41 Å². The van der Waals surface area contributed by atoms with Crippen LogP contribution in [0.5, 0.6) is 0 Å². The molecule has 0 unspecified atom stereocenters. The number of piperazine rings is 1. The van der Waals surface area contributed by atoms with Crippen LogP contribution >= 0.6 is 0 Å². The molecule has 1 aliphatic carbocycles. The lowest BCUT2D eigenvalue weighted by molar-refractivity contribution is -0.140. The van der Waals surface area contributed by atoms with Crippen LogP contribution in [0.2, 0.25) is 0 Å². The van der Waals surface area contributed by atoms with Crippen molar-refractivity contribution in [2.24, 2.45) is 5.41 Å². The summed E-state index contributed by atoms with van der Waals surface area (Å²) >= 11 is 0. The number of hydrogen-bond acceptors (Lipinski definition) is 5. The van der Waals surface area contributed by atoms with Crippen molar-refractivity contribution in [1.29, 1.82) is 5.26 Å². The first-order valence-electron chi connectivity index (χ1n) is 9.39. The molecule has 1 amide bonds. The van der Waals surface area contributed by atoms with E-state index in [-0.39, 0.29) is 5.91 Å². The second-order valence-electron chi connectivity index (χ2n) is 7.29. The monoisotopic (exact) mass is 349 g/mol. The number of carbonyl (C=O) groups is 1. The maximum absolute atomic E-state index is 13.0. The summed E-state index contributed by atoms with van der Waals surface area (Å²) in [4.78, 5) is 17.1. The predicted octanol–water partition coefficient (Wildman–Crippen LogP) is 2.75. The van der Waals surface area contributed by atoms with Crippen LogP contribution in [-0.4, -0.2) is 47.2 Å². The minimum absolute atomic E-state index is 0.0309. The Balaban J connectivity index is 1.49. The van der Waals surface area contributed by atoms with Crippen LogP contribution in [0.3, 0.4) is 0 Å². The molecule has 0 spiro atoms. The molecule has 0 atom stereocenters. The summed E-state index contributed by atoms with van der Waals surface area (Å²) in [5, 5.41) is 20.3. The van der Waals surface area contributed by atoms with Crippen molar-refractivity contribution < 1.29 is 4.79 Å². The Morgan fingerprint density at radius 1 is 1.08 bits per heavy atom. The van der Waals surface area contributed by atoms with Crippen molar-refractivity contribution in [3.63, 3.8) is 0 Å². The van der Waals surface area contributed by atoms with E-state index in [1.807, 2.05) is 23.1 Å². The van der Waals surface area contributed by atoms with Gasteiger partial charge in [-0.25, -0.2) is 0 Å².